The number of hydrogen-bond acceptors (Lipinski definition) is 0. The van der Waals surface area contributed by atoms with Gasteiger partial charge in [-0.25, -0.2) is 4.39 Å². The maximum Gasteiger partial charge on any atom is 0.110 e. The summed E-state index contributed by atoms with van der Waals surface area (Å²) in [6, 6.07) is 0. The van der Waals surface area contributed by atoms with E-state index in [0.717, 1.165) is 12.8 Å². The van der Waals surface area contributed by atoms with E-state index in [9.17, 15) is 4.39 Å². The van der Waals surface area contributed by atoms with Crippen LogP contribution in [-0.4, -0.2) is 5.67 Å². The van der Waals surface area contributed by atoms with Crippen molar-refractivity contribution < 1.29 is 4.39 Å². The van der Waals surface area contributed by atoms with Crippen LogP contribution in [0.15, 0.2) is 0 Å². The van der Waals surface area contributed by atoms with Gasteiger partial charge in [-0.15, -0.1) is 0 Å². The summed E-state index contributed by atoms with van der Waals surface area (Å²) < 4.78 is 13.4. The van der Waals surface area contributed by atoms with E-state index in [2.05, 4.69) is 6.92 Å². The monoisotopic (exact) mass is 146 g/mol. The van der Waals surface area contributed by atoms with Crippen LogP contribution in [0.4, 0.5) is 4.39 Å². The summed E-state index contributed by atoms with van der Waals surface area (Å²) in [7, 11) is 0. The molecule has 0 nitrogen and oxygen atoms in total. The van der Waals surface area contributed by atoms with E-state index in [1.165, 1.54) is 0 Å². The third-order valence-corrected chi connectivity index (χ3v) is 2.44. The Labute approximate surface area is 63.8 Å². The Morgan fingerprint density at radius 1 is 1.40 bits per heavy atom. The van der Waals surface area contributed by atoms with E-state index in [1.54, 1.807) is 6.92 Å². The quantitative estimate of drug-likeness (QED) is 0.569. The van der Waals surface area contributed by atoms with Crippen LogP contribution >= 0.6 is 0 Å². The molecule has 10 heavy (non-hydrogen) atoms. The first-order valence-corrected chi connectivity index (χ1v) is 4.23. The zero-order valence-corrected chi connectivity index (χ0v) is 7.58. The summed E-state index contributed by atoms with van der Waals surface area (Å²) >= 11 is 0. The second-order valence-corrected chi connectivity index (χ2v) is 3.32. The predicted molar refractivity (Wildman–Crippen MR) is 43.9 cm³/mol. The highest BCUT2D eigenvalue weighted by atomic mass is 19.1. The van der Waals surface area contributed by atoms with E-state index in [1.807, 2.05) is 13.8 Å². The van der Waals surface area contributed by atoms with Gasteiger partial charge < -0.3 is 0 Å². The Hall–Kier alpha value is -0.0700. The van der Waals surface area contributed by atoms with Crippen LogP contribution < -0.4 is 0 Å². The van der Waals surface area contributed by atoms with Crippen molar-refractivity contribution in [1.29, 1.82) is 0 Å². The molecule has 0 radical (unpaired) electrons. The number of halogens is 1. The minimum Gasteiger partial charge on any atom is -0.244 e. The number of rotatable bonds is 4. The molecule has 1 heteroatoms. The summed E-state index contributed by atoms with van der Waals surface area (Å²) in [5, 5.41) is 0. The van der Waals surface area contributed by atoms with Gasteiger partial charge in [-0.2, -0.15) is 0 Å². The lowest BCUT2D eigenvalue weighted by molar-refractivity contribution is 0.101. The van der Waals surface area contributed by atoms with Crippen LogP contribution in [0, 0.1) is 5.92 Å². The molecule has 2 atom stereocenters. The van der Waals surface area contributed by atoms with Crippen LogP contribution in [0.1, 0.15) is 47.0 Å². The smallest absolute Gasteiger partial charge is 0.110 e. The molecular formula is C9H19F. The first-order valence-electron chi connectivity index (χ1n) is 4.23. The molecule has 0 N–H and O–H groups in total. The van der Waals surface area contributed by atoms with Gasteiger partial charge in [0, 0.05) is 0 Å². The molecule has 1 unspecified atom stereocenters. The number of hydrogen-bond donors (Lipinski definition) is 0. The van der Waals surface area contributed by atoms with Crippen molar-refractivity contribution in [1.82, 2.24) is 0 Å². The van der Waals surface area contributed by atoms with Gasteiger partial charge in [0.15, 0.2) is 0 Å². The van der Waals surface area contributed by atoms with Crippen molar-refractivity contribution in [2.24, 2.45) is 5.92 Å². The summed E-state index contributed by atoms with van der Waals surface area (Å²) in [5.74, 6) is 0.211. The molecule has 0 aliphatic carbocycles. The maximum absolute atomic E-state index is 13.4. The van der Waals surface area contributed by atoms with Crippen molar-refractivity contribution in [3.63, 3.8) is 0 Å². The van der Waals surface area contributed by atoms with Crippen LogP contribution in [-0.2, 0) is 0 Å². The second kappa shape index (κ2) is 3.95. The fraction of sp³-hybridized carbons (Fsp3) is 1.00. The van der Waals surface area contributed by atoms with Gasteiger partial charge in [-0.3, -0.25) is 0 Å². The zero-order valence-electron chi connectivity index (χ0n) is 7.58. The normalized spacial score (nSPS) is 20.1. The summed E-state index contributed by atoms with van der Waals surface area (Å²) in [4.78, 5) is 0. The molecule has 0 fully saturated rings. The van der Waals surface area contributed by atoms with Gasteiger partial charge in [-0.05, 0) is 25.7 Å². The van der Waals surface area contributed by atoms with Gasteiger partial charge >= 0.3 is 0 Å². The molecule has 0 amide bonds. The lowest BCUT2D eigenvalue weighted by atomic mass is 9.87. The second-order valence-electron chi connectivity index (χ2n) is 3.32. The van der Waals surface area contributed by atoms with Gasteiger partial charge in [0.25, 0.3) is 0 Å². The molecule has 0 bridgehead atoms. The Morgan fingerprint density at radius 3 is 2.20 bits per heavy atom. The van der Waals surface area contributed by atoms with E-state index < -0.39 is 5.67 Å². The summed E-state index contributed by atoms with van der Waals surface area (Å²) in [6.45, 7) is 7.70. The predicted octanol–water partition coefficient (Wildman–Crippen LogP) is 3.56. The van der Waals surface area contributed by atoms with Crippen molar-refractivity contribution in [3.8, 4) is 0 Å². The minimum absolute atomic E-state index is 0.211. The first-order chi connectivity index (χ1) is 4.54. The largest absolute Gasteiger partial charge is 0.244 e. The third kappa shape index (κ3) is 2.68. The molecule has 0 aromatic rings. The standard InChI is InChI=1S/C9H19F/c1-5-7-8(3)9(4,10)6-2/h8H,5-7H2,1-4H3/t8-,9?/m0/s1. The lowest BCUT2D eigenvalue weighted by Crippen LogP contribution is -2.26. The van der Waals surface area contributed by atoms with E-state index in [4.69, 9.17) is 0 Å². The van der Waals surface area contributed by atoms with Crippen molar-refractivity contribution >= 4 is 0 Å². The summed E-state index contributed by atoms with van der Waals surface area (Å²) in [6.07, 6.45) is 2.72. The first kappa shape index (κ1) is 9.93. The Bertz CT molecular complexity index is 86.7. The third-order valence-electron chi connectivity index (χ3n) is 2.44. The fourth-order valence-electron chi connectivity index (χ4n) is 1.08. The molecule has 0 saturated heterocycles. The van der Waals surface area contributed by atoms with Crippen LogP contribution in [0.3, 0.4) is 0 Å². The zero-order chi connectivity index (χ0) is 8.20. The Balaban J connectivity index is 3.78. The molecule has 0 saturated carbocycles. The highest BCUT2D eigenvalue weighted by Gasteiger charge is 2.27. The van der Waals surface area contributed by atoms with E-state index >= 15 is 0 Å². The van der Waals surface area contributed by atoms with Gasteiger partial charge in [0.2, 0.25) is 0 Å². The Morgan fingerprint density at radius 2 is 1.90 bits per heavy atom. The molecule has 0 rings (SSSR count). The topological polar surface area (TPSA) is 0 Å². The van der Waals surface area contributed by atoms with Crippen molar-refractivity contribution in [2.75, 3.05) is 0 Å². The highest BCUT2D eigenvalue weighted by molar-refractivity contribution is 4.77. The summed E-state index contributed by atoms with van der Waals surface area (Å²) in [5.41, 5.74) is -0.948. The average molecular weight is 146 g/mol. The van der Waals surface area contributed by atoms with E-state index in [0.29, 0.717) is 6.42 Å². The molecule has 0 spiro atoms. The lowest BCUT2D eigenvalue weighted by Gasteiger charge is -2.25. The Kier molecular flexibility index (Phi) is 3.92. The molecule has 0 aliphatic rings. The minimum atomic E-state index is -0.948. The van der Waals surface area contributed by atoms with Gasteiger partial charge in [0.1, 0.15) is 5.67 Å². The molecule has 62 valence electrons. The fourth-order valence-corrected chi connectivity index (χ4v) is 1.08. The van der Waals surface area contributed by atoms with Gasteiger partial charge in [0.05, 0.1) is 0 Å². The molecule has 0 aromatic carbocycles. The van der Waals surface area contributed by atoms with Crippen molar-refractivity contribution in [2.45, 2.75) is 52.6 Å². The molecular weight excluding hydrogens is 127 g/mol. The average Bonchev–Trinajstić information content (AvgIpc) is 1.89. The molecule has 0 heterocycles. The highest BCUT2D eigenvalue weighted by Crippen LogP contribution is 2.28. The maximum atomic E-state index is 13.4. The van der Waals surface area contributed by atoms with Gasteiger partial charge in [-0.1, -0.05) is 27.2 Å². The molecule has 0 aromatic heterocycles. The number of alkyl halides is 1. The van der Waals surface area contributed by atoms with Crippen LogP contribution in [0.5, 0.6) is 0 Å². The molecule has 0 aliphatic heterocycles. The van der Waals surface area contributed by atoms with Crippen LogP contribution in [0.25, 0.3) is 0 Å². The SMILES string of the molecule is CCC[C@H](C)C(C)(F)CC. The van der Waals surface area contributed by atoms with Crippen molar-refractivity contribution in [3.05, 3.63) is 0 Å². The van der Waals surface area contributed by atoms with Crippen LogP contribution in [0.2, 0.25) is 0 Å². The van der Waals surface area contributed by atoms with E-state index in [-0.39, 0.29) is 5.92 Å².